The van der Waals surface area contributed by atoms with E-state index in [0.29, 0.717) is 16.1 Å². The highest BCUT2D eigenvalue weighted by atomic mass is 35.5. The lowest BCUT2D eigenvalue weighted by molar-refractivity contribution is -0.122. The molecule has 0 radical (unpaired) electrons. The summed E-state index contributed by atoms with van der Waals surface area (Å²) in [5.41, 5.74) is -0.0656. The highest BCUT2D eigenvalue weighted by Crippen LogP contribution is 2.36. The van der Waals surface area contributed by atoms with Gasteiger partial charge in [-0.3, -0.25) is 10.1 Å². The van der Waals surface area contributed by atoms with Crippen molar-refractivity contribution in [3.05, 3.63) is 70.7 Å². The minimum absolute atomic E-state index is 0.425. The number of imide groups is 1. The van der Waals surface area contributed by atoms with E-state index in [1.807, 2.05) is 18.2 Å². The van der Waals surface area contributed by atoms with Crippen molar-refractivity contribution in [2.75, 3.05) is 0 Å². The number of amides is 3. The summed E-state index contributed by atoms with van der Waals surface area (Å²) in [5.74, 6) is -0.429. The molecule has 3 amide bonds. The van der Waals surface area contributed by atoms with Crippen LogP contribution in [0.4, 0.5) is 4.79 Å². The second-order valence-corrected chi connectivity index (χ2v) is 4.91. The fourth-order valence-corrected chi connectivity index (χ4v) is 2.73. The Morgan fingerprint density at radius 3 is 2.15 bits per heavy atom. The van der Waals surface area contributed by atoms with Crippen molar-refractivity contribution in [2.24, 2.45) is 0 Å². The predicted octanol–water partition coefficient (Wildman–Crippen LogP) is 2.42. The average molecular weight is 287 g/mol. The molecule has 0 saturated carbocycles. The number of nitrogens with one attached hydrogen (secondary N) is 2. The van der Waals surface area contributed by atoms with Crippen molar-refractivity contribution < 1.29 is 9.59 Å². The van der Waals surface area contributed by atoms with Crippen LogP contribution in [0.5, 0.6) is 0 Å². The van der Waals surface area contributed by atoms with Crippen molar-refractivity contribution >= 4 is 23.5 Å². The zero-order valence-electron chi connectivity index (χ0n) is 10.4. The summed E-state index contributed by atoms with van der Waals surface area (Å²) < 4.78 is 0. The van der Waals surface area contributed by atoms with Crippen LogP contribution in [0.15, 0.2) is 54.6 Å². The number of carbonyl (C=O) groups is 2. The molecule has 1 unspecified atom stereocenters. The van der Waals surface area contributed by atoms with Crippen molar-refractivity contribution in [3.63, 3.8) is 0 Å². The first-order valence-corrected chi connectivity index (χ1v) is 6.46. The zero-order chi connectivity index (χ0) is 14.2. The first-order chi connectivity index (χ1) is 9.64. The Kier molecular flexibility index (Phi) is 2.95. The van der Waals surface area contributed by atoms with E-state index in [-0.39, 0.29) is 0 Å². The summed E-state index contributed by atoms with van der Waals surface area (Å²) in [6, 6.07) is 15.5. The van der Waals surface area contributed by atoms with E-state index < -0.39 is 17.5 Å². The molecule has 4 nitrogen and oxygen atoms in total. The van der Waals surface area contributed by atoms with Crippen LogP contribution >= 0.6 is 11.6 Å². The van der Waals surface area contributed by atoms with Gasteiger partial charge in [0.2, 0.25) is 0 Å². The normalized spacial score (nSPS) is 21.4. The molecule has 5 heteroatoms. The molecule has 2 N–H and O–H groups in total. The number of hydrogen-bond acceptors (Lipinski definition) is 2. The van der Waals surface area contributed by atoms with Crippen LogP contribution in [0.1, 0.15) is 11.1 Å². The van der Waals surface area contributed by atoms with Gasteiger partial charge in [0.1, 0.15) is 0 Å². The van der Waals surface area contributed by atoms with Crippen LogP contribution in [-0.4, -0.2) is 11.9 Å². The number of hydrogen-bond donors (Lipinski definition) is 2. The third-order valence-electron chi connectivity index (χ3n) is 3.35. The van der Waals surface area contributed by atoms with Gasteiger partial charge >= 0.3 is 6.03 Å². The van der Waals surface area contributed by atoms with Crippen molar-refractivity contribution in [3.8, 4) is 0 Å². The lowest BCUT2D eigenvalue weighted by Crippen LogP contribution is -2.45. The SMILES string of the molecule is O=C1NC(=O)C(c2ccccc2)(c2ccccc2Cl)N1. The van der Waals surface area contributed by atoms with Crippen LogP contribution in [0.25, 0.3) is 0 Å². The quantitative estimate of drug-likeness (QED) is 0.833. The molecule has 0 aromatic heterocycles. The first kappa shape index (κ1) is 12.7. The van der Waals surface area contributed by atoms with Crippen LogP contribution in [-0.2, 0) is 10.3 Å². The maximum atomic E-state index is 12.4. The Morgan fingerprint density at radius 1 is 0.900 bits per heavy atom. The number of urea groups is 1. The third kappa shape index (κ3) is 1.77. The summed E-state index contributed by atoms with van der Waals surface area (Å²) in [6.07, 6.45) is 0. The zero-order valence-corrected chi connectivity index (χ0v) is 11.1. The number of halogens is 1. The molecule has 1 aliphatic rings. The van der Waals surface area contributed by atoms with E-state index in [1.54, 1.807) is 36.4 Å². The minimum Gasteiger partial charge on any atom is -0.316 e. The average Bonchev–Trinajstić information content (AvgIpc) is 2.76. The molecular formula is C15H11ClN2O2. The van der Waals surface area contributed by atoms with Gasteiger partial charge in [-0.25, -0.2) is 4.79 Å². The van der Waals surface area contributed by atoms with E-state index in [2.05, 4.69) is 10.6 Å². The lowest BCUT2D eigenvalue weighted by Gasteiger charge is -2.28. The second-order valence-electron chi connectivity index (χ2n) is 4.50. The molecule has 2 aromatic carbocycles. The van der Waals surface area contributed by atoms with Gasteiger partial charge in [-0.05, 0) is 11.6 Å². The van der Waals surface area contributed by atoms with Gasteiger partial charge in [-0.2, -0.15) is 0 Å². The highest BCUT2D eigenvalue weighted by Gasteiger charge is 2.50. The molecule has 1 saturated heterocycles. The summed E-state index contributed by atoms with van der Waals surface area (Å²) in [6.45, 7) is 0. The van der Waals surface area contributed by atoms with Crippen LogP contribution in [0.2, 0.25) is 5.02 Å². The summed E-state index contributed by atoms with van der Waals surface area (Å²) in [4.78, 5) is 24.0. The minimum atomic E-state index is -1.28. The topological polar surface area (TPSA) is 58.2 Å². The first-order valence-electron chi connectivity index (χ1n) is 6.09. The van der Waals surface area contributed by atoms with E-state index in [1.165, 1.54) is 0 Å². The molecule has 20 heavy (non-hydrogen) atoms. The molecule has 1 atom stereocenters. The standard InChI is InChI=1S/C15H11ClN2O2/c16-12-9-5-4-8-11(12)15(10-6-2-1-3-7-10)13(19)17-14(20)18-15/h1-9H,(H2,17,18,19,20). The van der Waals surface area contributed by atoms with Crippen LogP contribution in [0, 0.1) is 0 Å². The summed E-state index contributed by atoms with van der Waals surface area (Å²) in [5, 5.41) is 5.42. The Balaban J connectivity index is 2.28. The molecular weight excluding hydrogens is 276 g/mol. The molecule has 0 aliphatic carbocycles. The Labute approximate surface area is 120 Å². The number of carbonyl (C=O) groups excluding carboxylic acids is 2. The molecule has 3 rings (SSSR count). The number of benzene rings is 2. The molecule has 0 spiro atoms. The van der Waals surface area contributed by atoms with Crippen LogP contribution in [0.3, 0.4) is 0 Å². The second kappa shape index (κ2) is 4.65. The van der Waals surface area contributed by atoms with Gasteiger partial charge in [-0.1, -0.05) is 60.1 Å². The van der Waals surface area contributed by atoms with E-state index >= 15 is 0 Å². The van der Waals surface area contributed by atoms with Gasteiger partial charge in [-0.15, -0.1) is 0 Å². The fraction of sp³-hybridized carbons (Fsp3) is 0.0667. The molecule has 1 fully saturated rings. The van der Waals surface area contributed by atoms with Gasteiger partial charge in [0, 0.05) is 10.6 Å². The Morgan fingerprint density at radius 2 is 1.55 bits per heavy atom. The van der Waals surface area contributed by atoms with Crippen molar-refractivity contribution in [1.29, 1.82) is 0 Å². The van der Waals surface area contributed by atoms with Crippen molar-refractivity contribution in [1.82, 2.24) is 10.6 Å². The maximum Gasteiger partial charge on any atom is 0.322 e. The number of rotatable bonds is 2. The summed E-state index contributed by atoms with van der Waals surface area (Å²) in [7, 11) is 0. The van der Waals surface area contributed by atoms with E-state index in [0.717, 1.165) is 0 Å². The van der Waals surface area contributed by atoms with Gasteiger partial charge < -0.3 is 5.32 Å². The van der Waals surface area contributed by atoms with E-state index in [9.17, 15) is 9.59 Å². The Bertz CT molecular complexity index is 687. The monoisotopic (exact) mass is 286 g/mol. The van der Waals surface area contributed by atoms with Crippen LogP contribution < -0.4 is 10.6 Å². The van der Waals surface area contributed by atoms with Crippen molar-refractivity contribution in [2.45, 2.75) is 5.54 Å². The lowest BCUT2D eigenvalue weighted by atomic mass is 9.83. The maximum absolute atomic E-state index is 12.4. The Hall–Kier alpha value is -2.33. The molecule has 0 bridgehead atoms. The van der Waals surface area contributed by atoms with Gasteiger partial charge in [0.05, 0.1) is 0 Å². The largest absolute Gasteiger partial charge is 0.322 e. The molecule has 2 aromatic rings. The fourth-order valence-electron chi connectivity index (χ4n) is 2.46. The van der Waals surface area contributed by atoms with E-state index in [4.69, 9.17) is 11.6 Å². The van der Waals surface area contributed by atoms with Gasteiger partial charge in [0.15, 0.2) is 5.54 Å². The smallest absolute Gasteiger partial charge is 0.316 e. The van der Waals surface area contributed by atoms with Gasteiger partial charge in [0.25, 0.3) is 5.91 Å². The predicted molar refractivity (Wildman–Crippen MR) is 75.3 cm³/mol. The summed E-state index contributed by atoms with van der Waals surface area (Å²) >= 11 is 6.23. The molecule has 1 heterocycles. The third-order valence-corrected chi connectivity index (χ3v) is 3.68. The molecule has 100 valence electrons. The molecule has 1 aliphatic heterocycles. The highest BCUT2D eigenvalue weighted by molar-refractivity contribution is 6.32.